The van der Waals surface area contributed by atoms with Crippen molar-refractivity contribution in [3.8, 4) is 0 Å². The van der Waals surface area contributed by atoms with Gasteiger partial charge < -0.3 is 11.5 Å². The molecule has 0 aliphatic heterocycles. The fraction of sp³-hybridized carbons (Fsp3) is 0.167. The molecule has 0 saturated carbocycles. The molecule has 4 N–H and O–H groups in total. The number of amidine groups is 1. The minimum absolute atomic E-state index is 0.380. The first-order valence-corrected chi connectivity index (χ1v) is 2.54. The Kier molecular flexibility index (Phi) is 3.20. The first-order valence-electron chi connectivity index (χ1n) is 2.54. The van der Waals surface area contributed by atoms with Crippen molar-refractivity contribution in [3.63, 3.8) is 0 Å². The van der Waals surface area contributed by atoms with Crippen molar-refractivity contribution in [2.24, 2.45) is 16.5 Å². The molecular weight excluding hydrogens is 114 g/mol. The third kappa shape index (κ3) is 4.61. The molecule has 3 nitrogen and oxygen atoms in total. The standard InChI is InChI=1S/C6H11N3/c1-3-9-6(8)4-5(2)7/h3-4H,1,7H2,2H3,(H2,8,9)/b5-4-. The molecule has 9 heavy (non-hydrogen) atoms. The van der Waals surface area contributed by atoms with Gasteiger partial charge in [-0.05, 0) is 13.0 Å². The summed E-state index contributed by atoms with van der Waals surface area (Å²) in [5.41, 5.74) is 11.2. The van der Waals surface area contributed by atoms with Crippen LogP contribution in [0.2, 0.25) is 0 Å². The molecule has 0 saturated heterocycles. The number of hydrogen-bond donors (Lipinski definition) is 2. The van der Waals surface area contributed by atoms with E-state index in [2.05, 4.69) is 11.6 Å². The second-order valence-electron chi connectivity index (χ2n) is 1.62. The number of rotatable bonds is 2. The maximum atomic E-state index is 5.31. The van der Waals surface area contributed by atoms with Crippen LogP contribution in [0.5, 0.6) is 0 Å². The molecule has 0 unspecified atom stereocenters. The molecule has 0 radical (unpaired) electrons. The zero-order valence-corrected chi connectivity index (χ0v) is 5.46. The van der Waals surface area contributed by atoms with E-state index in [0.717, 1.165) is 0 Å². The van der Waals surface area contributed by atoms with Crippen molar-refractivity contribution in [1.29, 1.82) is 0 Å². The molecule has 0 aromatic carbocycles. The smallest absolute Gasteiger partial charge is 0.124 e. The minimum atomic E-state index is 0.380. The molecule has 0 aromatic rings. The second-order valence-corrected chi connectivity index (χ2v) is 1.62. The van der Waals surface area contributed by atoms with Gasteiger partial charge in [0.25, 0.3) is 0 Å². The lowest BCUT2D eigenvalue weighted by atomic mass is 10.4. The third-order valence-electron chi connectivity index (χ3n) is 0.616. The van der Waals surface area contributed by atoms with Gasteiger partial charge in [-0.15, -0.1) is 0 Å². The van der Waals surface area contributed by atoms with E-state index in [9.17, 15) is 0 Å². The van der Waals surface area contributed by atoms with Crippen molar-refractivity contribution in [1.82, 2.24) is 0 Å². The molecular formula is C6H11N3. The maximum Gasteiger partial charge on any atom is 0.124 e. The summed E-state index contributed by atoms with van der Waals surface area (Å²) in [4.78, 5) is 3.67. The fourth-order valence-electron chi connectivity index (χ4n) is 0.376. The predicted octanol–water partition coefficient (Wildman–Crippen LogP) is 0.350. The highest BCUT2D eigenvalue weighted by Gasteiger charge is 1.80. The van der Waals surface area contributed by atoms with E-state index in [4.69, 9.17) is 11.5 Å². The van der Waals surface area contributed by atoms with Gasteiger partial charge in [0.1, 0.15) is 5.84 Å². The highest BCUT2D eigenvalue weighted by atomic mass is 14.8. The highest BCUT2D eigenvalue weighted by Crippen LogP contribution is 1.79. The Morgan fingerprint density at radius 1 is 1.56 bits per heavy atom. The molecule has 0 aliphatic carbocycles. The van der Waals surface area contributed by atoms with Crippen molar-refractivity contribution >= 4 is 5.84 Å². The Balaban J connectivity index is 4.05. The molecule has 0 spiro atoms. The quantitative estimate of drug-likeness (QED) is 0.413. The van der Waals surface area contributed by atoms with Crippen molar-refractivity contribution in [3.05, 3.63) is 24.6 Å². The van der Waals surface area contributed by atoms with Gasteiger partial charge in [0.2, 0.25) is 0 Å². The monoisotopic (exact) mass is 125 g/mol. The molecule has 0 fully saturated rings. The zero-order chi connectivity index (χ0) is 7.28. The molecule has 3 heteroatoms. The van der Waals surface area contributed by atoms with Gasteiger partial charge in [0.15, 0.2) is 0 Å². The van der Waals surface area contributed by atoms with Gasteiger partial charge in [-0.1, -0.05) is 6.58 Å². The summed E-state index contributed by atoms with van der Waals surface area (Å²) < 4.78 is 0. The van der Waals surface area contributed by atoms with E-state index >= 15 is 0 Å². The van der Waals surface area contributed by atoms with Gasteiger partial charge in [-0.3, -0.25) is 0 Å². The number of allylic oxidation sites excluding steroid dienone is 1. The van der Waals surface area contributed by atoms with Crippen LogP contribution in [0.3, 0.4) is 0 Å². The number of nitrogens with two attached hydrogens (primary N) is 2. The van der Waals surface area contributed by atoms with Gasteiger partial charge in [-0.2, -0.15) is 0 Å². The first-order chi connectivity index (χ1) is 4.16. The summed E-state index contributed by atoms with van der Waals surface area (Å²) in [7, 11) is 0. The van der Waals surface area contributed by atoms with Crippen LogP contribution in [-0.2, 0) is 0 Å². The summed E-state index contributed by atoms with van der Waals surface area (Å²) >= 11 is 0. The van der Waals surface area contributed by atoms with Crippen LogP contribution in [0.4, 0.5) is 0 Å². The Labute approximate surface area is 54.8 Å². The van der Waals surface area contributed by atoms with Gasteiger partial charge in [-0.25, -0.2) is 4.99 Å². The van der Waals surface area contributed by atoms with Gasteiger partial charge >= 0.3 is 0 Å². The first kappa shape index (κ1) is 7.75. The lowest BCUT2D eigenvalue weighted by molar-refractivity contribution is 1.32. The van der Waals surface area contributed by atoms with Crippen molar-refractivity contribution in [2.45, 2.75) is 6.92 Å². The summed E-state index contributed by atoms with van der Waals surface area (Å²) in [6, 6.07) is 0. The van der Waals surface area contributed by atoms with E-state index in [1.54, 1.807) is 13.0 Å². The van der Waals surface area contributed by atoms with Crippen LogP contribution in [0.15, 0.2) is 29.5 Å². The second kappa shape index (κ2) is 3.72. The number of aliphatic imine (C=N–C) groups is 1. The largest absolute Gasteiger partial charge is 0.402 e. The zero-order valence-electron chi connectivity index (χ0n) is 5.46. The Hall–Kier alpha value is -1.25. The molecule has 50 valence electrons. The van der Waals surface area contributed by atoms with Gasteiger partial charge in [0, 0.05) is 11.9 Å². The molecule has 0 amide bonds. The van der Waals surface area contributed by atoms with E-state index in [0.29, 0.717) is 11.5 Å². The van der Waals surface area contributed by atoms with Crippen LogP contribution in [0.1, 0.15) is 6.92 Å². The summed E-state index contributed by atoms with van der Waals surface area (Å²) in [6.07, 6.45) is 2.94. The summed E-state index contributed by atoms with van der Waals surface area (Å²) in [6.45, 7) is 5.11. The molecule has 0 rings (SSSR count). The van der Waals surface area contributed by atoms with E-state index < -0.39 is 0 Å². The Bertz CT molecular complexity index is 152. The van der Waals surface area contributed by atoms with Crippen LogP contribution in [-0.4, -0.2) is 5.84 Å². The fourth-order valence-corrected chi connectivity index (χ4v) is 0.376. The summed E-state index contributed by atoms with van der Waals surface area (Å²) in [5, 5.41) is 0. The third-order valence-corrected chi connectivity index (χ3v) is 0.616. The van der Waals surface area contributed by atoms with E-state index in [1.165, 1.54) is 6.20 Å². The molecule has 0 aromatic heterocycles. The molecule has 0 aliphatic rings. The Morgan fingerprint density at radius 2 is 2.11 bits per heavy atom. The van der Waals surface area contributed by atoms with Crippen LogP contribution in [0.25, 0.3) is 0 Å². The lowest BCUT2D eigenvalue weighted by Crippen LogP contribution is -2.09. The highest BCUT2D eigenvalue weighted by molar-refractivity contribution is 5.92. The van der Waals surface area contributed by atoms with E-state index in [1.807, 2.05) is 0 Å². The number of nitrogens with zero attached hydrogens (tertiary/aromatic N) is 1. The van der Waals surface area contributed by atoms with Crippen LogP contribution >= 0.6 is 0 Å². The Morgan fingerprint density at radius 3 is 2.44 bits per heavy atom. The number of hydrogen-bond acceptors (Lipinski definition) is 2. The average molecular weight is 125 g/mol. The molecule has 0 atom stereocenters. The molecule has 0 heterocycles. The predicted molar refractivity (Wildman–Crippen MR) is 39.8 cm³/mol. The van der Waals surface area contributed by atoms with Crippen molar-refractivity contribution < 1.29 is 0 Å². The van der Waals surface area contributed by atoms with Crippen LogP contribution in [0, 0.1) is 0 Å². The maximum absolute atomic E-state index is 5.31. The average Bonchev–Trinajstić information content (AvgIpc) is 1.63. The summed E-state index contributed by atoms with van der Waals surface area (Å²) in [5.74, 6) is 0.380. The normalized spacial score (nSPS) is 13.4. The topological polar surface area (TPSA) is 64.4 Å². The lowest BCUT2D eigenvalue weighted by Gasteiger charge is -1.89. The van der Waals surface area contributed by atoms with E-state index in [-0.39, 0.29) is 0 Å². The minimum Gasteiger partial charge on any atom is -0.402 e. The van der Waals surface area contributed by atoms with Crippen molar-refractivity contribution in [2.75, 3.05) is 0 Å². The van der Waals surface area contributed by atoms with Crippen LogP contribution < -0.4 is 11.5 Å². The SMILES string of the molecule is C=C/N=C(N)\C=C(\C)N. The van der Waals surface area contributed by atoms with Gasteiger partial charge in [0.05, 0.1) is 0 Å². The molecule has 0 bridgehead atoms.